The van der Waals surface area contributed by atoms with Crippen LogP contribution in [-0.4, -0.2) is 28.2 Å². The summed E-state index contributed by atoms with van der Waals surface area (Å²) in [6.07, 6.45) is 5.01. The number of aliphatic hydroxyl groups is 1. The normalized spacial score (nSPS) is 36.3. The molecule has 0 spiro atoms. The highest BCUT2D eigenvalue weighted by Gasteiger charge is 2.55. The Morgan fingerprint density at radius 1 is 1.12 bits per heavy atom. The highest BCUT2D eigenvalue weighted by atomic mass is 16.3. The third-order valence-electron chi connectivity index (χ3n) is 6.61. The molecule has 4 fully saturated rings. The third-order valence-corrected chi connectivity index (χ3v) is 6.61. The first-order chi connectivity index (χ1) is 11.7. The Kier molecular flexibility index (Phi) is 3.87. The maximum absolute atomic E-state index is 13.0. The molecule has 4 saturated carbocycles. The summed E-state index contributed by atoms with van der Waals surface area (Å²) in [5.41, 5.74) is 1.05. The number of carbonyl (C=O) groups is 1. The van der Waals surface area contributed by atoms with Gasteiger partial charge >= 0.3 is 0 Å². The van der Waals surface area contributed by atoms with E-state index in [2.05, 4.69) is 29.7 Å². The maximum Gasteiger partial charge on any atom is 0.245 e. The Bertz CT molecular complexity index is 651. The second-order valence-corrected chi connectivity index (χ2v) is 9.31. The molecule has 5 rings (SSSR count). The SMILES string of the molecule is Cc1ccc(NC(C)(C)C(=O)NC2[C@@H]3CC4C[C@H]2CC(O)(C4)C3)cc1. The van der Waals surface area contributed by atoms with Gasteiger partial charge in [0.05, 0.1) is 5.60 Å². The van der Waals surface area contributed by atoms with E-state index in [0.717, 1.165) is 37.8 Å². The van der Waals surface area contributed by atoms with Crippen molar-refractivity contribution in [2.75, 3.05) is 5.32 Å². The maximum atomic E-state index is 13.0. The summed E-state index contributed by atoms with van der Waals surface area (Å²) in [6, 6.07) is 8.36. The van der Waals surface area contributed by atoms with Crippen molar-refractivity contribution in [2.45, 2.75) is 70.1 Å². The smallest absolute Gasteiger partial charge is 0.245 e. The summed E-state index contributed by atoms with van der Waals surface area (Å²) >= 11 is 0. The van der Waals surface area contributed by atoms with E-state index >= 15 is 0 Å². The van der Waals surface area contributed by atoms with Crippen LogP contribution in [0.1, 0.15) is 51.5 Å². The first kappa shape index (κ1) is 16.9. The molecule has 4 nitrogen and oxygen atoms in total. The highest BCUT2D eigenvalue weighted by Crippen LogP contribution is 2.55. The van der Waals surface area contributed by atoms with E-state index in [9.17, 15) is 9.90 Å². The van der Waals surface area contributed by atoms with Crippen LogP contribution in [0.4, 0.5) is 5.69 Å². The van der Waals surface area contributed by atoms with Crippen LogP contribution in [0, 0.1) is 24.7 Å². The van der Waals surface area contributed by atoms with Crippen LogP contribution in [0.15, 0.2) is 24.3 Å². The zero-order valence-corrected chi connectivity index (χ0v) is 15.5. The molecule has 0 heterocycles. The molecule has 4 heteroatoms. The lowest BCUT2D eigenvalue weighted by molar-refractivity contribution is -0.148. The summed E-state index contributed by atoms with van der Waals surface area (Å²) in [4.78, 5) is 13.0. The number of hydrogen-bond acceptors (Lipinski definition) is 3. The van der Waals surface area contributed by atoms with Crippen LogP contribution < -0.4 is 10.6 Å². The Hall–Kier alpha value is -1.55. The summed E-state index contributed by atoms with van der Waals surface area (Å²) in [7, 11) is 0. The van der Waals surface area contributed by atoms with Gasteiger partial charge in [-0.05, 0) is 82.8 Å². The zero-order chi connectivity index (χ0) is 17.8. The first-order valence-electron chi connectivity index (χ1n) is 9.62. The van der Waals surface area contributed by atoms with Gasteiger partial charge in [0.15, 0.2) is 0 Å². The number of anilines is 1. The van der Waals surface area contributed by atoms with Crippen molar-refractivity contribution in [1.29, 1.82) is 0 Å². The highest BCUT2D eigenvalue weighted by molar-refractivity contribution is 5.88. The van der Waals surface area contributed by atoms with Gasteiger partial charge in [-0.1, -0.05) is 17.7 Å². The topological polar surface area (TPSA) is 61.4 Å². The fourth-order valence-corrected chi connectivity index (χ4v) is 5.60. The second kappa shape index (κ2) is 5.73. The van der Waals surface area contributed by atoms with Crippen LogP contribution in [0.25, 0.3) is 0 Å². The molecule has 0 aliphatic heterocycles. The molecule has 1 aromatic rings. The molecule has 3 unspecified atom stereocenters. The minimum atomic E-state index is -0.666. The van der Waals surface area contributed by atoms with E-state index in [1.165, 1.54) is 5.56 Å². The molecule has 4 aliphatic rings. The predicted molar refractivity (Wildman–Crippen MR) is 99.3 cm³/mol. The lowest BCUT2D eigenvalue weighted by Crippen LogP contribution is -2.63. The molecule has 0 aromatic heterocycles. The molecule has 0 saturated heterocycles. The molecular formula is C21H30N2O2. The molecule has 1 amide bonds. The second-order valence-electron chi connectivity index (χ2n) is 9.31. The number of hydrogen-bond donors (Lipinski definition) is 3. The van der Waals surface area contributed by atoms with E-state index in [0.29, 0.717) is 17.8 Å². The van der Waals surface area contributed by atoms with Crippen LogP contribution in [0.3, 0.4) is 0 Å². The number of nitrogens with one attached hydrogen (secondary N) is 2. The van der Waals surface area contributed by atoms with Gasteiger partial charge in [0.1, 0.15) is 5.54 Å². The van der Waals surface area contributed by atoms with Crippen molar-refractivity contribution in [3.8, 4) is 0 Å². The third kappa shape index (κ3) is 3.17. The van der Waals surface area contributed by atoms with Gasteiger partial charge < -0.3 is 15.7 Å². The lowest BCUT2D eigenvalue weighted by atomic mass is 9.52. The summed E-state index contributed by atoms with van der Waals surface area (Å²) in [5, 5.41) is 17.4. The quantitative estimate of drug-likeness (QED) is 0.787. The summed E-state index contributed by atoms with van der Waals surface area (Å²) in [6.45, 7) is 5.93. The van der Waals surface area contributed by atoms with Gasteiger partial charge in [-0.3, -0.25) is 4.79 Å². The van der Waals surface area contributed by atoms with Gasteiger partial charge in [0, 0.05) is 11.7 Å². The number of aryl methyl sites for hydroxylation is 1. The van der Waals surface area contributed by atoms with Gasteiger partial charge in [-0.25, -0.2) is 0 Å². The van der Waals surface area contributed by atoms with Gasteiger partial charge in [-0.15, -0.1) is 0 Å². The summed E-state index contributed by atoms with van der Waals surface area (Å²) < 4.78 is 0. The summed E-state index contributed by atoms with van der Waals surface area (Å²) in [5.74, 6) is 1.60. The molecule has 136 valence electrons. The Morgan fingerprint density at radius 2 is 1.72 bits per heavy atom. The molecule has 5 atom stereocenters. The molecule has 1 aromatic carbocycles. The fraction of sp³-hybridized carbons (Fsp3) is 0.667. The predicted octanol–water partition coefficient (Wildman–Crippen LogP) is 3.24. The van der Waals surface area contributed by atoms with E-state index in [1.807, 2.05) is 26.0 Å². The van der Waals surface area contributed by atoms with E-state index < -0.39 is 11.1 Å². The van der Waals surface area contributed by atoms with E-state index in [4.69, 9.17) is 0 Å². The molecule has 25 heavy (non-hydrogen) atoms. The number of amides is 1. The average molecular weight is 342 g/mol. The number of benzene rings is 1. The van der Waals surface area contributed by atoms with Crippen molar-refractivity contribution >= 4 is 11.6 Å². The standard InChI is InChI=1S/C21H30N2O2/c1-13-4-6-17(7-5-13)23-20(2,3)19(24)22-18-15-8-14-9-16(18)12-21(25,10-14)11-15/h4-7,14-16,18,23,25H,8-12H2,1-3H3,(H,22,24)/t14?,15-,16+,18?,21?. The van der Waals surface area contributed by atoms with Crippen LogP contribution in [0.2, 0.25) is 0 Å². The average Bonchev–Trinajstić information content (AvgIpc) is 2.51. The number of rotatable bonds is 4. The minimum absolute atomic E-state index is 0.0533. The van der Waals surface area contributed by atoms with Crippen molar-refractivity contribution < 1.29 is 9.90 Å². The van der Waals surface area contributed by atoms with Crippen molar-refractivity contribution in [2.24, 2.45) is 17.8 Å². The van der Waals surface area contributed by atoms with E-state index in [1.54, 1.807) is 0 Å². The Balaban J connectivity index is 1.43. The number of carbonyl (C=O) groups excluding carboxylic acids is 1. The first-order valence-corrected chi connectivity index (χ1v) is 9.62. The monoisotopic (exact) mass is 342 g/mol. The van der Waals surface area contributed by atoms with Crippen molar-refractivity contribution in [3.63, 3.8) is 0 Å². The van der Waals surface area contributed by atoms with Crippen molar-refractivity contribution in [1.82, 2.24) is 5.32 Å². The van der Waals surface area contributed by atoms with Crippen LogP contribution in [-0.2, 0) is 4.79 Å². The fourth-order valence-electron chi connectivity index (χ4n) is 5.60. The van der Waals surface area contributed by atoms with Crippen molar-refractivity contribution in [3.05, 3.63) is 29.8 Å². The van der Waals surface area contributed by atoms with E-state index in [-0.39, 0.29) is 11.9 Å². The van der Waals surface area contributed by atoms with Crippen LogP contribution in [0.5, 0.6) is 0 Å². The Labute approximate surface area is 150 Å². The largest absolute Gasteiger partial charge is 0.390 e. The zero-order valence-electron chi connectivity index (χ0n) is 15.5. The molecule has 4 bridgehead atoms. The van der Waals surface area contributed by atoms with Gasteiger partial charge in [0.2, 0.25) is 5.91 Å². The van der Waals surface area contributed by atoms with Gasteiger partial charge in [-0.2, -0.15) is 0 Å². The molecule has 3 N–H and O–H groups in total. The lowest BCUT2D eigenvalue weighted by Gasteiger charge is -2.58. The Morgan fingerprint density at radius 3 is 2.28 bits per heavy atom. The van der Waals surface area contributed by atoms with Gasteiger partial charge in [0.25, 0.3) is 0 Å². The minimum Gasteiger partial charge on any atom is -0.390 e. The van der Waals surface area contributed by atoms with Crippen LogP contribution >= 0.6 is 0 Å². The molecule has 4 aliphatic carbocycles. The molecule has 0 radical (unpaired) electrons. The molecular weight excluding hydrogens is 312 g/mol.